The van der Waals surface area contributed by atoms with Crippen LogP contribution >= 0.6 is 11.6 Å². The minimum Gasteiger partial charge on any atom is -0.382 e. The van der Waals surface area contributed by atoms with Gasteiger partial charge in [-0.15, -0.1) is 0 Å². The van der Waals surface area contributed by atoms with Crippen LogP contribution in [0.1, 0.15) is 40.5 Å². The Morgan fingerprint density at radius 2 is 1.60 bits per heavy atom. The summed E-state index contributed by atoms with van der Waals surface area (Å²) >= 11 is 6.34. The molecule has 0 saturated heterocycles. The third kappa shape index (κ3) is 5.62. The third-order valence-electron chi connectivity index (χ3n) is 3.31. The molecule has 0 aliphatic heterocycles. The van der Waals surface area contributed by atoms with E-state index in [1.165, 1.54) is 12.8 Å². The van der Waals surface area contributed by atoms with Crippen LogP contribution in [-0.2, 0) is 0 Å². The average Bonchev–Trinajstić information content (AvgIpc) is 2.26. The largest absolute Gasteiger partial charge is 0.382 e. The van der Waals surface area contributed by atoms with Crippen LogP contribution < -0.4 is 10.2 Å². The smallest absolute Gasteiger partial charge is 0.0659 e. The highest BCUT2D eigenvalue weighted by molar-refractivity contribution is 6.33. The van der Waals surface area contributed by atoms with Gasteiger partial charge in [-0.1, -0.05) is 39.3 Å². The Hall–Kier alpha value is -0.890. The van der Waals surface area contributed by atoms with Gasteiger partial charge in [-0.25, -0.2) is 0 Å². The summed E-state index contributed by atoms with van der Waals surface area (Å²) in [5.41, 5.74) is 2.17. The molecule has 2 nitrogen and oxygen atoms in total. The number of rotatable bonds is 7. The van der Waals surface area contributed by atoms with Gasteiger partial charge in [0.05, 0.1) is 10.7 Å². The highest BCUT2D eigenvalue weighted by atomic mass is 35.5. The predicted molar refractivity (Wildman–Crippen MR) is 92.1 cm³/mol. The maximum atomic E-state index is 6.34. The first-order valence-electron chi connectivity index (χ1n) is 7.53. The van der Waals surface area contributed by atoms with Crippen LogP contribution in [0.25, 0.3) is 0 Å². The van der Waals surface area contributed by atoms with E-state index in [4.69, 9.17) is 11.6 Å². The van der Waals surface area contributed by atoms with E-state index in [1.54, 1.807) is 0 Å². The monoisotopic (exact) mass is 296 g/mol. The van der Waals surface area contributed by atoms with Gasteiger partial charge in [-0.3, -0.25) is 0 Å². The van der Waals surface area contributed by atoms with Crippen LogP contribution in [0.2, 0.25) is 5.02 Å². The van der Waals surface area contributed by atoms with Crippen molar-refractivity contribution in [1.82, 2.24) is 0 Å². The minimum atomic E-state index is 0.510. The van der Waals surface area contributed by atoms with Gasteiger partial charge in [-0.2, -0.15) is 0 Å². The summed E-state index contributed by atoms with van der Waals surface area (Å²) < 4.78 is 0. The molecule has 0 saturated carbocycles. The van der Waals surface area contributed by atoms with Crippen molar-refractivity contribution in [2.75, 3.05) is 24.3 Å². The maximum Gasteiger partial charge on any atom is 0.0659 e. The molecule has 0 spiro atoms. The van der Waals surface area contributed by atoms with E-state index in [0.717, 1.165) is 16.4 Å². The number of hydrogen-bond acceptors (Lipinski definition) is 2. The predicted octanol–water partition coefficient (Wildman–Crippen LogP) is 5.28. The maximum absolute atomic E-state index is 6.34. The fourth-order valence-electron chi connectivity index (χ4n) is 2.55. The molecule has 0 unspecified atom stereocenters. The Kier molecular flexibility index (Phi) is 6.67. The van der Waals surface area contributed by atoms with Gasteiger partial charge in [0.2, 0.25) is 0 Å². The zero-order valence-electron chi connectivity index (χ0n) is 13.7. The Morgan fingerprint density at radius 1 is 1.05 bits per heavy atom. The molecule has 0 fully saturated rings. The van der Waals surface area contributed by atoms with Crippen molar-refractivity contribution < 1.29 is 0 Å². The van der Waals surface area contributed by atoms with Crippen LogP contribution in [0.3, 0.4) is 0 Å². The van der Waals surface area contributed by atoms with Gasteiger partial charge in [0.15, 0.2) is 0 Å². The quantitative estimate of drug-likeness (QED) is 0.736. The molecule has 0 radical (unpaired) electrons. The Morgan fingerprint density at radius 3 is 2.00 bits per heavy atom. The number of halogens is 1. The lowest BCUT2D eigenvalue weighted by Gasteiger charge is -2.24. The number of nitrogens with one attached hydrogen (secondary N) is 1. The zero-order chi connectivity index (χ0) is 15.3. The molecule has 1 N–H and O–H groups in total. The normalized spacial score (nSPS) is 11.5. The lowest BCUT2D eigenvalue weighted by atomic mass is 9.95. The van der Waals surface area contributed by atoms with E-state index in [1.807, 2.05) is 25.1 Å². The van der Waals surface area contributed by atoms with Crippen molar-refractivity contribution >= 4 is 23.0 Å². The van der Waals surface area contributed by atoms with Gasteiger partial charge in [0, 0.05) is 25.8 Å². The first kappa shape index (κ1) is 17.2. The summed E-state index contributed by atoms with van der Waals surface area (Å²) in [6.45, 7) is 9.10. The Bertz CT molecular complexity index is 403. The lowest BCUT2D eigenvalue weighted by Crippen LogP contribution is -2.23. The van der Waals surface area contributed by atoms with Gasteiger partial charge in [0.1, 0.15) is 0 Å². The van der Waals surface area contributed by atoms with Gasteiger partial charge >= 0.3 is 0 Å². The number of anilines is 2. The summed E-state index contributed by atoms with van der Waals surface area (Å²) in [5, 5.41) is 4.44. The average molecular weight is 297 g/mol. The zero-order valence-corrected chi connectivity index (χ0v) is 14.5. The van der Waals surface area contributed by atoms with Crippen LogP contribution in [0.4, 0.5) is 11.4 Å². The molecule has 0 atom stereocenters. The summed E-state index contributed by atoms with van der Waals surface area (Å²) in [6.07, 6.45) is 2.37. The van der Waals surface area contributed by atoms with E-state index < -0.39 is 0 Å². The molecular weight excluding hydrogens is 268 g/mol. The molecule has 0 aliphatic carbocycles. The second kappa shape index (κ2) is 7.78. The van der Waals surface area contributed by atoms with Gasteiger partial charge in [0.25, 0.3) is 0 Å². The molecule has 20 heavy (non-hydrogen) atoms. The molecule has 1 aromatic carbocycles. The molecular formula is C17H29ClN2. The van der Waals surface area contributed by atoms with Crippen molar-refractivity contribution in [3.8, 4) is 0 Å². The Balaban J connectivity index is 2.80. The SMILES string of the molecule is CC(C)CC(CC(C)C)Nc1ccc(N(C)C)c(Cl)c1. The topological polar surface area (TPSA) is 15.3 Å². The molecule has 0 heterocycles. The minimum absolute atomic E-state index is 0.510. The van der Waals surface area contributed by atoms with Crippen molar-refractivity contribution in [2.24, 2.45) is 11.8 Å². The molecule has 0 aromatic heterocycles. The van der Waals surface area contributed by atoms with E-state index in [0.29, 0.717) is 17.9 Å². The van der Waals surface area contributed by atoms with Crippen LogP contribution in [-0.4, -0.2) is 20.1 Å². The lowest BCUT2D eigenvalue weighted by molar-refractivity contribution is 0.442. The molecule has 1 aromatic rings. The van der Waals surface area contributed by atoms with E-state index in [9.17, 15) is 0 Å². The van der Waals surface area contributed by atoms with Gasteiger partial charge < -0.3 is 10.2 Å². The number of hydrogen-bond donors (Lipinski definition) is 1. The fourth-order valence-corrected chi connectivity index (χ4v) is 2.90. The van der Waals surface area contributed by atoms with E-state index >= 15 is 0 Å². The summed E-state index contributed by atoms with van der Waals surface area (Å²) in [6, 6.07) is 6.74. The molecule has 3 heteroatoms. The molecule has 0 amide bonds. The van der Waals surface area contributed by atoms with E-state index in [2.05, 4.69) is 45.1 Å². The summed E-state index contributed by atoms with van der Waals surface area (Å²) in [4.78, 5) is 2.03. The standard InChI is InChI=1S/C17H29ClN2/c1-12(2)9-15(10-13(3)4)19-14-7-8-17(20(5)6)16(18)11-14/h7-8,11-13,15,19H,9-10H2,1-6H3. The number of nitrogens with zero attached hydrogens (tertiary/aromatic N) is 1. The third-order valence-corrected chi connectivity index (χ3v) is 3.61. The second-order valence-corrected chi connectivity index (χ2v) is 7.07. The van der Waals surface area contributed by atoms with Crippen LogP contribution in [0.15, 0.2) is 18.2 Å². The molecule has 114 valence electrons. The fraction of sp³-hybridized carbons (Fsp3) is 0.647. The highest BCUT2D eigenvalue weighted by Gasteiger charge is 2.13. The molecule has 1 rings (SSSR count). The van der Waals surface area contributed by atoms with Crippen molar-refractivity contribution in [2.45, 2.75) is 46.6 Å². The van der Waals surface area contributed by atoms with E-state index in [-0.39, 0.29) is 0 Å². The Labute approximate surface area is 129 Å². The van der Waals surface area contributed by atoms with Crippen molar-refractivity contribution in [3.63, 3.8) is 0 Å². The van der Waals surface area contributed by atoms with Crippen molar-refractivity contribution in [1.29, 1.82) is 0 Å². The van der Waals surface area contributed by atoms with Gasteiger partial charge in [-0.05, 0) is 42.9 Å². The molecule has 0 bridgehead atoms. The van der Waals surface area contributed by atoms with Crippen LogP contribution in [0.5, 0.6) is 0 Å². The summed E-state index contributed by atoms with van der Waals surface area (Å²) in [7, 11) is 4.02. The first-order valence-corrected chi connectivity index (χ1v) is 7.90. The number of benzene rings is 1. The first-order chi connectivity index (χ1) is 9.29. The summed E-state index contributed by atoms with van der Waals surface area (Å²) in [5.74, 6) is 1.39. The molecule has 0 aliphatic rings. The van der Waals surface area contributed by atoms with Crippen molar-refractivity contribution in [3.05, 3.63) is 23.2 Å². The second-order valence-electron chi connectivity index (χ2n) is 6.66. The van der Waals surface area contributed by atoms with Crippen LogP contribution in [0, 0.1) is 11.8 Å². The highest BCUT2D eigenvalue weighted by Crippen LogP contribution is 2.28.